The molecule has 2 aromatic carbocycles. The minimum absolute atomic E-state index is 0.0488. The van der Waals surface area contributed by atoms with Gasteiger partial charge in [-0.05, 0) is 66.3 Å². The summed E-state index contributed by atoms with van der Waals surface area (Å²) in [7, 11) is 0. The van der Waals surface area contributed by atoms with Gasteiger partial charge in [0, 0.05) is 12.2 Å². The SMILES string of the molecule is O=C(Nc1ccccc1)[C@H]1CCCN(Cn2nnn(-c3ccccc3)c2=S)C1. The molecule has 1 aliphatic heterocycles. The van der Waals surface area contributed by atoms with Crippen molar-refractivity contribution in [3.63, 3.8) is 0 Å². The molecule has 1 aliphatic rings. The van der Waals surface area contributed by atoms with Gasteiger partial charge in [-0.25, -0.2) is 4.68 Å². The molecule has 4 rings (SSSR count). The smallest absolute Gasteiger partial charge is 0.228 e. The van der Waals surface area contributed by atoms with Crippen molar-refractivity contribution < 1.29 is 4.79 Å². The highest BCUT2D eigenvalue weighted by Gasteiger charge is 2.26. The normalized spacial score (nSPS) is 17.4. The van der Waals surface area contributed by atoms with Gasteiger partial charge in [0.2, 0.25) is 10.7 Å². The molecule has 0 saturated carbocycles. The largest absolute Gasteiger partial charge is 0.326 e. The predicted molar refractivity (Wildman–Crippen MR) is 110 cm³/mol. The van der Waals surface area contributed by atoms with Crippen LogP contribution in [0.1, 0.15) is 12.8 Å². The van der Waals surface area contributed by atoms with Crippen LogP contribution in [0.15, 0.2) is 60.7 Å². The molecule has 1 N–H and O–H groups in total. The van der Waals surface area contributed by atoms with E-state index in [0.717, 1.165) is 30.8 Å². The van der Waals surface area contributed by atoms with Crippen LogP contribution in [0, 0.1) is 10.7 Å². The number of nitrogens with one attached hydrogen (secondary N) is 1. The quantitative estimate of drug-likeness (QED) is 0.674. The molecule has 144 valence electrons. The van der Waals surface area contributed by atoms with E-state index >= 15 is 0 Å². The van der Waals surface area contributed by atoms with E-state index in [0.29, 0.717) is 18.0 Å². The molecule has 1 amide bonds. The van der Waals surface area contributed by atoms with Gasteiger partial charge in [-0.3, -0.25) is 9.69 Å². The van der Waals surface area contributed by atoms with Crippen molar-refractivity contribution in [1.82, 2.24) is 24.7 Å². The van der Waals surface area contributed by atoms with Crippen molar-refractivity contribution in [2.45, 2.75) is 19.5 Å². The summed E-state index contributed by atoms with van der Waals surface area (Å²) in [6, 6.07) is 19.3. The number of anilines is 1. The number of carbonyl (C=O) groups is 1. The van der Waals surface area contributed by atoms with E-state index < -0.39 is 0 Å². The summed E-state index contributed by atoms with van der Waals surface area (Å²) in [5, 5.41) is 11.4. The maximum Gasteiger partial charge on any atom is 0.228 e. The molecule has 1 saturated heterocycles. The molecule has 0 aliphatic carbocycles. The third-order valence-electron chi connectivity index (χ3n) is 4.89. The van der Waals surface area contributed by atoms with Gasteiger partial charge in [-0.1, -0.05) is 36.4 Å². The first-order chi connectivity index (χ1) is 13.7. The third-order valence-corrected chi connectivity index (χ3v) is 5.28. The average molecular weight is 395 g/mol. The van der Waals surface area contributed by atoms with E-state index in [1.54, 1.807) is 9.36 Å². The summed E-state index contributed by atoms with van der Waals surface area (Å²) < 4.78 is 3.90. The van der Waals surface area contributed by atoms with E-state index in [9.17, 15) is 4.79 Å². The number of piperidine rings is 1. The van der Waals surface area contributed by atoms with Crippen LogP contribution in [0.5, 0.6) is 0 Å². The topological polar surface area (TPSA) is 68.0 Å². The van der Waals surface area contributed by atoms with Crippen LogP contribution in [0.3, 0.4) is 0 Å². The van der Waals surface area contributed by atoms with E-state index in [-0.39, 0.29) is 11.8 Å². The molecule has 1 fully saturated rings. The van der Waals surface area contributed by atoms with Crippen molar-refractivity contribution in [2.24, 2.45) is 5.92 Å². The summed E-state index contributed by atoms with van der Waals surface area (Å²) in [4.78, 5) is 14.8. The maximum absolute atomic E-state index is 12.6. The van der Waals surface area contributed by atoms with Crippen molar-refractivity contribution in [3.8, 4) is 5.69 Å². The van der Waals surface area contributed by atoms with Gasteiger partial charge < -0.3 is 5.32 Å². The summed E-state index contributed by atoms with van der Waals surface area (Å²) in [5.74, 6) is 0.0136. The van der Waals surface area contributed by atoms with Gasteiger partial charge in [0.25, 0.3) is 0 Å². The van der Waals surface area contributed by atoms with Crippen molar-refractivity contribution in [3.05, 3.63) is 65.4 Å². The lowest BCUT2D eigenvalue weighted by Crippen LogP contribution is -2.41. The molecule has 0 bridgehead atoms. The molecule has 3 aromatic rings. The van der Waals surface area contributed by atoms with Crippen molar-refractivity contribution >= 4 is 23.8 Å². The number of carbonyl (C=O) groups excluding carboxylic acids is 1. The van der Waals surface area contributed by atoms with E-state index in [4.69, 9.17) is 12.2 Å². The zero-order valence-corrected chi connectivity index (χ0v) is 16.3. The summed E-state index contributed by atoms with van der Waals surface area (Å²) in [6.07, 6.45) is 1.85. The number of rotatable bonds is 5. The summed E-state index contributed by atoms with van der Waals surface area (Å²) in [5.41, 5.74) is 1.72. The Balaban J connectivity index is 1.41. The maximum atomic E-state index is 12.6. The lowest BCUT2D eigenvalue weighted by Gasteiger charge is -2.31. The summed E-state index contributed by atoms with van der Waals surface area (Å²) in [6.45, 7) is 2.12. The minimum atomic E-state index is -0.0488. The number of aromatic nitrogens is 4. The van der Waals surface area contributed by atoms with E-state index in [1.807, 2.05) is 60.7 Å². The second kappa shape index (κ2) is 8.45. The van der Waals surface area contributed by atoms with Crippen molar-refractivity contribution in [2.75, 3.05) is 18.4 Å². The van der Waals surface area contributed by atoms with Gasteiger partial charge in [0.1, 0.15) is 0 Å². The molecule has 7 nitrogen and oxygen atoms in total. The van der Waals surface area contributed by atoms with Crippen LogP contribution in [0.2, 0.25) is 0 Å². The number of benzene rings is 2. The Morgan fingerprint density at radius 2 is 1.79 bits per heavy atom. The van der Waals surface area contributed by atoms with Crippen LogP contribution in [-0.4, -0.2) is 43.7 Å². The number of para-hydroxylation sites is 2. The average Bonchev–Trinajstić information content (AvgIpc) is 3.10. The standard InChI is InChI=1S/C20H22N6OS/c27-19(21-17-9-3-1-4-10-17)16-8-7-13-24(14-16)15-25-20(28)26(23-22-25)18-11-5-2-6-12-18/h1-6,9-12,16H,7-8,13-15H2,(H,21,27)/t16-/m0/s1. The minimum Gasteiger partial charge on any atom is -0.326 e. The van der Waals surface area contributed by atoms with E-state index in [2.05, 4.69) is 20.6 Å². The molecular formula is C20H22N6OS. The number of hydrogen-bond acceptors (Lipinski definition) is 5. The monoisotopic (exact) mass is 394 g/mol. The van der Waals surface area contributed by atoms with Gasteiger partial charge in [0.05, 0.1) is 18.3 Å². The molecular weight excluding hydrogens is 372 g/mol. The third kappa shape index (κ3) is 4.18. The fourth-order valence-electron chi connectivity index (χ4n) is 3.45. The Morgan fingerprint density at radius 1 is 1.07 bits per heavy atom. The number of amides is 1. The molecule has 0 radical (unpaired) electrons. The zero-order valence-electron chi connectivity index (χ0n) is 15.4. The highest BCUT2D eigenvalue weighted by molar-refractivity contribution is 7.71. The molecule has 28 heavy (non-hydrogen) atoms. The second-order valence-electron chi connectivity index (χ2n) is 6.92. The van der Waals surface area contributed by atoms with Crippen LogP contribution in [0.25, 0.3) is 5.69 Å². The number of hydrogen-bond donors (Lipinski definition) is 1. The lowest BCUT2D eigenvalue weighted by molar-refractivity contribution is -0.121. The molecule has 1 atom stereocenters. The first-order valence-electron chi connectivity index (χ1n) is 9.37. The molecule has 8 heteroatoms. The van der Waals surface area contributed by atoms with Crippen LogP contribution in [0.4, 0.5) is 5.69 Å². The fraction of sp³-hybridized carbons (Fsp3) is 0.300. The second-order valence-corrected chi connectivity index (χ2v) is 7.29. The van der Waals surface area contributed by atoms with Gasteiger partial charge >= 0.3 is 0 Å². The first kappa shape index (κ1) is 18.5. The number of likely N-dealkylation sites (tertiary alicyclic amines) is 1. The Bertz CT molecular complexity index is 985. The van der Waals surface area contributed by atoms with Gasteiger partial charge in [-0.2, -0.15) is 4.68 Å². The highest BCUT2D eigenvalue weighted by Crippen LogP contribution is 2.19. The lowest BCUT2D eigenvalue weighted by atomic mass is 9.97. The predicted octanol–water partition coefficient (Wildman–Crippen LogP) is 3.11. The first-order valence-corrected chi connectivity index (χ1v) is 9.78. The Morgan fingerprint density at radius 3 is 2.54 bits per heavy atom. The van der Waals surface area contributed by atoms with Gasteiger partial charge in [-0.15, -0.1) is 0 Å². The fourth-order valence-corrected chi connectivity index (χ4v) is 3.68. The highest BCUT2D eigenvalue weighted by atomic mass is 32.1. The molecule has 2 heterocycles. The Labute approximate surface area is 168 Å². The molecule has 0 unspecified atom stereocenters. The Hall–Kier alpha value is -2.84. The van der Waals surface area contributed by atoms with Crippen LogP contribution < -0.4 is 5.32 Å². The number of tetrazole rings is 1. The molecule has 0 spiro atoms. The van der Waals surface area contributed by atoms with Gasteiger partial charge in [0.15, 0.2) is 0 Å². The zero-order chi connectivity index (χ0) is 19.3. The van der Waals surface area contributed by atoms with Crippen LogP contribution in [-0.2, 0) is 11.5 Å². The van der Waals surface area contributed by atoms with Crippen molar-refractivity contribution in [1.29, 1.82) is 0 Å². The molecule has 1 aromatic heterocycles. The number of nitrogens with zero attached hydrogens (tertiary/aromatic N) is 5. The van der Waals surface area contributed by atoms with Crippen LogP contribution >= 0.6 is 12.2 Å². The van der Waals surface area contributed by atoms with E-state index in [1.165, 1.54) is 0 Å². The Kier molecular flexibility index (Phi) is 5.59. The summed E-state index contributed by atoms with van der Waals surface area (Å²) >= 11 is 5.54.